The van der Waals surface area contributed by atoms with Gasteiger partial charge in [0.05, 0.1) is 0 Å². The molecule has 0 aliphatic heterocycles. The van der Waals surface area contributed by atoms with E-state index in [1.54, 1.807) is 30.0 Å². The van der Waals surface area contributed by atoms with Gasteiger partial charge in [-0.15, -0.1) is 0 Å². The zero-order chi connectivity index (χ0) is 21.2. The summed E-state index contributed by atoms with van der Waals surface area (Å²) < 4.78 is 0. The Hall–Kier alpha value is -2.04. The summed E-state index contributed by atoms with van der Waals surface area (Å²) in [6.07, 6.45) is 2.58. The number of nitrogens with one attached hydrogen (secondary N) is 1. The molecule has 0 saturated heterocycles. The number of hydrogen-bond donors (Lipinski definition) is 1. The van der Waals surface area contributed by atoms with Gasteiger partial charge in [-0.3, -0.25) is 9.59 Å². The Kier molecular flexibility index (Phi) is 9.49. The molecule has 2 aromatic carbocycles. The second-order valence-corrected chi connectivity index (χ2v) is 7.74. The van der Waals surface area contributed by atoms with Crippen LogP contribution >= 0.6 is 23.2 Å². The van der Waals surface area contributed by atoms with Crippen LogP contribution in [0.15, 0.2) is 48.5 Å². The molecule has 0 aromatic heterocycles. The van der Waals surface area contributed by atoms with Crippen LogP contribution in [0.3, 0.4) is 0 Å². The number of halogens is 2. The first kappa shape index (κ1) is 23.2. The molecule has 1 atom stereocenters. The monoisotopic (exact) mass is 434 g/mol. The molecule has 156 valence electrons. The second kappa shape index (κ2) is 11.8. The Morgan fingerprint density at radius 3 is 2.24 bits per heavy atom. The Morgan fingerprint density at radius 1 is 1.00 bits per heavy atom. The fraction of sp³-hybridized carbons (Fsp3) is 0.391. The average molecular weight is 435 g/mol. The van der Waals surface area contributed by atoms with Gasteiger partial charge in [0.15, 0.2) is 0 Å². The number of unbranched alkanes of at least 4 members (excludes halogenated alkanes) is 1. The van der Waals surface area contributed by atoms with Gasteiger partial charge in [0.25, 0.3) is 0 Å². The van der Waals surface area contributed by atoms with E-state index in [1.165, 1.54) is 0 Å². The van der Waals surface area contributed by atoms with Crippen molar-refractivity contribution in [2.75, 3.05) is 6.54 Å². The number of amides is 2. The van der Waals surface area contributed by atoms with E-state index in [4.69, 9.17) is 23.2 Å². The average Bonchev–Trinajstić information content (AvgIpc) is 2.72. The number of rotatable bonds is 10. The molecule has 0 bridgehead atoms. The summed E-state index contributed by atoms with van der Waals surface area (Å²) in [5.41, 5.74) is 1.64. The predicted octanol–water partition coefficient (Wildman–Crippen LogP) is 5.26. The topological polar surface area (TPSA) is 49.4 Å². The first-order valence-electron chi connectivity index (χ1n) is 10.0. The summed E-state index contributed by atoms with van der Waals surface area (Å²) in [5.74, 6) is -0.278. The summed E-state index contributed by atoms with van der Waals surface area (Å²) in [6, 6.07) is 14.3. The molecule has 0 fully saturated rings. The molecule has 2 aromatic rings. The molecule has 0 unspecified atom stereocenters. The van der Waals surface area contributed by atoms with Crippen molar-refractivity contribution in [3.63, 3.8) is 0 Å². The molecule has 0 heterocycles. The lowest BCUT2D eigenvalue weighted by atomic mass is 10.0. The fourth-order valence-electron chi connectivity index (χ4n) is 3.12. The van der Waals surface area contributed by atoms with Crippen molar-refractivity contribution in [1.29, 1.82) is 0 Å². The van der Waals surface area contributed by atoms with Gasteiger partial charge >= 0.3 is 0 Å². The van der Waals surface area contributed by atoms with Crippen LogP contribution in [-0.4, -0.2) is 29.3 Å². The van der Waals surface area contributed by atoms with Crippen molar-refractivity contribution in [2.24, 2.45) is 0 Å². The predicted molar refractivity (Wildman–Crippen MR) is 119 cm³/mol. The van der Waals surface area contributed by atoms with Gasteiger partial charge in [0, 0.05) is 41.5 Å². The molecule has 1 N–H and O–H groups in total. The lowest BCUT2D eigenvalue weighted by Gasteiger charge is -2.32. The Balaban J connectivity index is 2.37. The van der Waals surface area contributed by atoms with Crippen LogP contribution in [0.4, 0.5) is 0 Å². The van der Waals surface area contributed by atoms with Crippen molar-refractivity contribution in [3.05, 3.63) is 69.7 Å². The molecule has 2 rings (SSSR count). The van der Waals surface area contributed by atoms with Crippen molar-refractivity contribution in [3.8, 4) is 0 Å². The van der Waals surface area contributed by atoms with E-state index < -0.39 is 6.04 Å². The molecule has 6 heteroatoms. The Morgan fingerprint density at radius 2 is 1.66 bits per heavy atom. The number of hydrogen-bond acceptors (Lipinski definition) is 2. The van der Waals surface area contributed by atoms with Gasteiger partial charge < -0.3 is 10.2 Å². The zero-order valence-corrected chi connectivity index (χ0v) is 18.5. The number of carbonyl (C=O) groups excluding carboxylic acids is 2. The smallest absolute Gasteiger partial charge is 0.243 e. The normalized spacial score (nSPS) is 11.7. The number of nitrogens with zero attached hydrogens (tertiary/aromatic N) is 1. The van der Waals surface area contributed by atoms with Crippen LogP contribution in [0.2, 0.25) is 10.0 Å². The third-order valence-corrected chi connectivity index (χ3v) is 5.50. The van der Waals surface area contributed by atoms with Gasteiger partial charge in [-0.2, -0.15) is 0 Å². The van der Waals surface area contributed by atoms with Crippen LogP contribution in [0.5, 0.6) is 0 Å². The largest absolute Gasteiger partial charge is 0.354 e. The van der Waals surface area contributed by atoms with E-state index in [1.807, 2.05) is 30.3 Å². The molecule has 29 heavy (non-hydrogen) atoms. The highest BCUT2D eigenvalue weighted by atomic mass is 35.5. The first-order chi connectivity index (χ1) is 14.0. The zero-order valence-electron chi connectivity index (χ0n) is 17.0. The van der Waals surface area contributed by atoms with Crippen LogP contribution in [0.25, 0.3) is 0 Å². The maximum absolute atomic E-state index is 13.1. The Labute approximate surface area is 183 Å². The minimum Gasteiger partial charge on any atom is -0.354 e. The van der Waals surface area contributed by atoms with Gasteiger partial charge in [-0.1, -0.05) is 79.9 Å². The lowest BCUT2D eigenvalue weighted by Crippen LogP contribution is -2.50. The van der Waals surface area contributed by atoms with Gasteiger partial charge in [-0.25, -0.2) is 0 Å². The standard InChI is InChI=1S/C23H28Cl2N2O2/c1-3-5-14-26-23(29)21(15-17-10-7-6-8-11-17)27(22(28)4-2)16-18-19(24)12-9-13-20(18)25/h6-13,21H,3-5,14-16H2,1-2H3,(H,26,29)/t21-/m0/s1. The van der Waals surface area contributed by atoms with Gasteiger partial charge in [0.2, 0.25) is 11.8 Å². The van der Waals surface area contributed by atoms with Crippen molar-refractivity contribution < 1.29 is 9.59 Å². The van der Waals surface area contributed by atoms with E-state index in [-0.39, 0.29) is 24.8 Å². The highest BCUT2D eigenvalue weighted by Crippen LogP contribution is 2.27. The third kappa shape index (κ3) is 6.76. The lowest BCUT2D eigenvalue weighted by molar-refractivity contribution is -0.141. The minimum atomic E-state index is -0.644. The molecule has 2 amide bonds. The van der Waals surface area contributed by atoms with Crippen molar-refractivity contribution >= 4 is 35.0 Å². The summed E-state index contributed by atoms with van der Waals surface area (Å²) in [5, 5.41) is 3.94. The van der Waals surface area contributed by atoms with E-state index in [0.29, 0.717) is 28.6 Å². The maximum Gasteiger partial charge on any atom is 0.243 e. The van der Waals surface area contributed by atoms with E-state index >= 15 is 0 Å². The fourth-order valence-corrected chi connectivity index (χ4v) is 3.63. The van der Waals surface area contributed by atoms with Gasteiger partial charge in [0.1, 0.15) is 6.04 Å². The second-order valence-electron chi connectivity index (χ2n) is 6.93. The summed E-state index contributed by atoms with van der Waals surface area (Å²) >= 11 is 12.7. The summed E-state index contributed by atoms with van der Waals surface area (Å²) in [4.78, 5) is 27.5. The highest BCUT2D eigenvalue weighted by Gasteiger charge is 2.30. The third-order valence-electron chi connectivity index (χ3n) is 4.79. The molecule has 0 spiro atoms. The molecule has 0 radical (unpaired) electrons. The maximum atomic E-state index is 13.1. The van der Waals surface area contributed by atoms with Crippen molar-refractivity contribution in [1.82, 2.24) is 10.2 Å². The van der Waals surface area contributed by atoms with E-state index in [0.717, 1.165) is 18.4 Å². The van der Waals surface area contributed by atoms with Crippen LogP contribution in [0, 0.1) is 0 Å². The van der Waals surface area contributed by atoms with Gasteiger partial charge in [-0.05, 0) is 24.1 Å². The Bertz CT molecular complexity index is 792. The number of benzene rings is 2. The van der Waals surface area contributed by atoms with E-state index in [2.05, 4.69) is 12.2 Å². The van der Waals surface area contributed by atoms with Crippen LogP contribution < -0.4 is 5.32 Å². The summed E-state index contributed by atoms with van der Waals surface area (Å²) in [6.45, 7) is 4.63. The quantitative estimate of drug-likeness (QED) is 0.518. The van der Waals surface area contributed by atoms with Crippen LogP contribution in [0.1, 0.15) is 44.2 Å². The SMILES string of the molecule is CCCCNC(=O)[C@H](Cc1ccccc1)N(Cc1c(Cl)cccc1Cl)C(=O)CC. The molecular weight excluding hydrogens is 407 g/mol. The minimum absolute atomic E-state index is 0.118. The van der Waals surface area contributed by atoms with Crippen molar-refractivity contribution in [2.45, 2.75) is 52.1 Å². The molecule has 0 saturated carbocycles. The molecule has 0 aliphatic carbocycles. The van der Waals surface area contributed by atoms with Crippen LogP contribution in [-0.2, 0) is 22.6 Å². The molecule has 4 nitrogen and oxygen atoms in total. The first-order valence-corrected chi connectivity index (χ1v) is 10.8. The molecule has 0 aliphatic rings. The highest BCUT2D eigenvalue weighted by molar-refractivity contribution is 6.36. The molecular formula is C23H28Cl2N2O2. The number of carbonyl (C=O) groups is 2. The summed E-state index contributed by atoms with van der Waals surface area (Å²) in [7, 11) is 0. The van der Waals surface area contributed by atoms with E-state index in [9.17, 15) is 9.59 Å².